The van der Waals surface area contributed by atoms with E-state index in [0.717, 1.165) is 23.9 Å². The molecule has 3 aliphatic carbocycles. The third-order valence-electron chi connectivity index (χ3n) is 4.81. The third kappa shape index (κ3) is 4.55. The summed E-state index contributed by atoms with van der Waals surface area (Å²) in [4.78, 5) is 2.81. The molecule has 1 N–H and O–H groups in total. The van der Waals surface area contributed by atoms with Crippen molar-refractivity contribution in [3.05, 3.63) is 0 Å². The van der Waals surface area contributed by atoms with Crippen molar-refractivity contribution in [3.8, 4) is 0 Å². The Morgan fingerprint density at radius 2 is 1.61 bits per heavy atom. The zero-order chi connectivity index (χ0) is 12.4. The molecule has 18 heavy (non-hydrogen) atoms. The summed E-state index contributed by atoms with van der Waals surface area (Å²) in [5.41, 5.74) is 0. The maximum Gasteiger partial charge on any atom is 0.00682 e. The predicted molar refractivity (Wildman–Crippen MR) is 76.7 cm³/mol. The number of nitrogens with zero attached hydrogens (tertiary/aromatic N) is 1. The fourth-order valence-electron chi connectivity index (χ4n) is 2.87. The molecule has 0 aromatic carbocycles. The van der Waals surface area contributed by atoms with E-state index in [0.29, 0.717) is 0 Å². The Kier molecular flexibility index (Phi) is 4.25. The molecule has 0 aromatic heterocycles. The van der Waals surface area contributed by atoms with Crippen LogP contribution in [0.4, 0.5) is 0 Å². The van der Waals surface area contributed by atoms with Crippen LogP contribution < -0.4 is 5.32 Å². The van der Waals surface area contributed by atoms with E-state index in [-0.39, 0.29) is 0 Å². The molecule has 0 aliphatic heterocycles. The molecule has 3 fully saturated rings. The summed E-state index contributed by atoms with van der Waals surface area (Å²) in [6.45, 7) is 6.50. The second-order valence-electron chi connectivity index (χ2n) is 7.06. The summed E-state index contributed by atoms with van der Waals surface area (Å²) in [6, 6.07) is 1.70. The maximum atomic E-state index is 3.64. The number of hydrogen-bond acceptors (Lipinski definition) is 2. The van der Waals surface area contributed by atoms with Crippen molar-refractivity contribution in [2.75, 3.05) is 19.6 Å². The van der Waals surface area contributed by atoms with Gasteiger partial charge in [-0.25, -0.2) is 0 Å². The van der Waals surface area contributed by atoms with Crippen LogP contribution in [0.2, 0.25) is 0 Å². The lowest BCUT2D eigenvalue weighted by Crippen LogP contribution is -2.37. The van der Waals surface area contributed by atoms with E-state index >= 15 is 0 Å². The molecule has 0 heterocycles. The Labute approximate surface area is 113 Å². The van der Waals surface area contributed by atoms with Gasteiger partial charge in [0, 0.05) is 25.2 Å². The minimum Gasteiger partial charge on any atom is -0.314 e. The van der Waals surface area contributed by atoms with Crippen molar-refractivity contribution in [1.29, 1.82) is 0 Å². The fourth-order valence-corrected chi connectivity index (χ4v) is 2.87. The van der Waals surface area contributed by atoms with E-state index in [2.05, 4.69) is 17.1 Å². The Morgan fingerprint density at radius 3 is 2.11 bits per heavy atom. The van der Waals surface area contributed by atoms with E-state index in [9.17, 15) is 0 Å². The predicted octanol–water partition coefficient (Wildman–Crippen LogP) is 3.03. The molecule has 1 unspecified atom stereocenters. The maximum absolute atomic E-state index is 3.64. The van der Waals surface area contributed by atoms with Gasteiger partial charge >= 0.3 is 0 Å². The molecule has 0 aromatic rings. The van der Waals surface area contributed by atoms with Crippen LogP contribution >= 0.6 is 0 Å². The van der Waals surface area contributed by atoms with Crippen molar-refractivity contribution >= 4 is 0 Å². The first-order valence-electron chi connectivity index (χ1n) is 8.28. The van der Waals surface area contributed by atoms with Gasteiger partial charge < -0.3 is 10.2 Å². The SMILES string of the molecule is CC(CCCNC1CC1)N(CC1CC1)CC1CC1. The van der Waals surface area contributed by atoms with Crippen LogP contribution in [0.15, 0.2) is 0 Å². The van der Waals surface area contributed by atoms with Crippen LogP contribution in [0.25, 0.3) is 0 Å². The van der Waals surface area contributed by atoms with E-state index in [1.807, 2.05) is 0 Å². The average Bonchev–Trinajstić information content (AvgIpc) is 3.21. The van der Waals surface area contributed by atoms with Gasteiger partial charge in [0.2, 0.25) is 0 Å². The lowest BCUT2D eigenvalue weighted by Gasteiger charge is -2.29. The summed E-state index contributed by atoms with van der Waals surface area (Å²) in [6.07, 6.45) is 11.6. The van der Waals surface area contributed by atoms with Crippen molar-refractivity contribution in [1.82, 2.24) is 10.2 Å². The Hall–Kier alpha value is -0.0800. The van der Waals surface area contributed by atoms with Crippen LogP contribution in [0, 0.1) is 11.8 Å². The van der Waals surface area contributed by atoms with Crippen LogP contribution in [-0.2, 0) is 0 Å². The summed E-state index contributed by atoms with van der Waals surface area (Å²) < 4.78 is 0. The van der Waals surface area contributed by atoms with Gasteiger partial charge in [-0.1, -0.05) is 0 Å². The molecule has 0 spiro atoms. The smallest absolute Gasteiger partial charge is 0.00682 e. The van der Waals surface area contributed by atoms with Gasteiger partial charge in [-0.15, -0.1) is 0 Å². The average molecular weight is 250 g/mol. The molecule has 3 saturated carbocycles. The van der Waals surface area contributed by atoms with Gasteiger partial charge in [-0.05, 0) is 76.7 Å². The van der Waals surface area contributed by atoms with Crippen molar-refractivity contribution in [3.63, 3.8) is 0 Å². The van der Waals surface area contributed by atoms with Crippen molar-refractivity contribution in [2.45, 2.75) is 70.4 Å². The van der Waals surface area contributed by atoms with Crippen LogP contribution in [-0.4, -0.2) is 36.6 Å². The first-order chi connectivity index (χ1) is 8.81. The first kappa shape index (κ1) is 12.9. The van der Waals surface area contributed by atoms with Gasteiger partial charge in [0.15, 0.2) is 0 Å². The quantitative estimate of drug-likeness (QED) is 0.600. The standard InChI is InChI=1S/C16H30N2/c1-13(3-2-10-17-16-8-9-16)18(11-14-4-5-14)12-15-6-7-15/h13-17H,2-12H2,1H3. The molecule has 0 radical (unpaired) electrons. The summed E-state index contributed by atoms with van der Waals surface area (Å²) >= 11 is 0. The van der Waals surface area contributed by atoms with Crippen molar-refractivity contribution in [2.24, 2.45) is 11.8 Å². The molecule has 3 aliphatic rings. The normalized spacial score (nSPS) is 25.7. The Morgan fingerprint density at radius 1 is 1.00 bits per heavy atom. The molecular weight excluding hydrogens is 220 g/mol. The molecule has 0 saturated heterocycles. The van der Waals surface area contributed by atoms with Crippen LogP contribution in [0.3, 0.4) is 0 Å². The van der Waals surface area contributed by atoms with Crippen LogP contribution in [0.1, 0.15) is 58.3 Å². The molecule has 0 amide bonds. The van der Waals surface area contributed by atoms with Gasteiger partial charge in [0.05, 0.1) is 0 Å². The van der Waals surface area contributed by atoms with Gasteiger partial charge in [-0.3, -0.25) is 0 Å². The molecule has 2 heteroatoms. The molecular formula is C16H30N2. The third-order valence-corrected chi connectivity index (χ3v) is 4.81. The highest BCUT2D eigenvalue weighted by atomic mass is 15.2. The molecule has 3 rings (SSSR count). The van der Waals surface area contributed by atoms with Crippen molar-refractivity contribution < 1.29 is 0 Å². The first-order valence-corrected chi connectivity index (χ1v) is 8.28. The number of nitrogens with one attached hydrogen (secondary N) is 1. The second kappa shape index (κ2) is 5.92. The van der Waals surface area contributed by atoms with E-state index in [1.54, 1.807) is 0 Å². The molecule has 1 atom stereocenters. The van der Waals surface area contributed by atoms with Gasteiger partial charge in [0.1, 0.15) is 0 Å². The summed E-state index contributed by atoms with van der Waals surface area (Å²) in [7, 11) is 0. The van der Waals surface area contributed by atoms with Gasteiger partial charge in [-0.2, -0.15) is 0 Å². The summed E-state index contributed by atoms with van der Waals surface area (Å²) in [5.74, 6) is 2.10. The zero-order valence-corrected chi connectivity index (χ0v) is 12.0. The Bertz CT molecular complexity index is 240. The molecule has 2 nitrogen and oxygen atoms in total. The Balaban J connectivity index is 1.33. The summed E-state index contributed by atoms with van der Waals surface area (Å²) in [5, 5.41) is 3.64. The van der Waals surface area contributed by atoms with E-state index in [1.165, 1.54) is 71.0 Å². The highest BCUT2D eigenvalue weighted by Crippen LogP contribution is 2.34. The van der Waals surface area contributed by atoms with Crippen LogP contribution in [0.5, 0.6) is 0 Å². The lowest BCUT2D eigenvalue weighted by molar-refractivity contribution is 0.181. The number of hydrogen-bond donors (Lipinski definition) is 1. The fraction of sp³-hybridized carbons (Fsp3) is 1.00. The lowest BCUT2D eigenvalue weighted by atomic mass is 10.1. The van der Waals surface area contributed by atoms with E-state index in [4.69, 9.17) is 0 Å². The second-order valence-corrected chi connectivity index (χ2v) is 7.06. The zero-order valence-electron chi connectivity index (χ0n) is 12.0. The topological polar surface area (TPSA) is 15.3 Å². The van der Waals surface area contributed by atoms with Gasteiger partial charge in [0.25, 0.3) is 0 Å². The minimum atomic E-state index is 0.812. The van der Waals surface area contributed by atoms with E-state index < -0.39 is 0 Å². The highest BCUT2D eigenvalue weighted by Gasteiger charge is 2.31. The minimum absolute atomic E-state index is 0.812. The highest BCUT2D eigenvalue weighted by molar-refractivity contribution is 4.85. The number of rotatable bonds is 10. The monoisotopic (exact) mass is 250 g/mol. The largest absolute Gasteiger partial charge is 0.314 e. The molecule has 0 bridgehead atoms. The molecule has 104 valence electrons.